The summed E-state index contributed by atoms with van der Waals surface area (Å²) in [6, 6.07) is 2.80. The molecule has 1 aromatic carbocycles. The first-order valence-electron chi connectivity index (χ1n) is 16.7. The molecule has 262 valence electrons. The molecule has 0 unspecified atom stereocenters. The number of nitrogens with one attached hydrogen (secondary N) is 3. The number of piperidine rings is 2. The van der Waals surface area contributed by atoms with Crippen LogP contribution in [0, 0.1) is 5.92 Å². The predicted octanol–water partition coefficient (Wildman–Crippen LogP) is 4.95. The molecule has 3 N–H and O–H groups in total. The second-order valence-corrected chi connectivity index (χ2v) is 14.3. The van der Waals surface area contributed by atoms with Crippen molar-refractivity contribution in [3.05, 3.63) is 44.6 Å². The van der Waals surface area contributed by atoms with E-state index in [1.807, 2.05) is 15.7 Å². The smallest absolute Gasteiger partial charge is 0.386 e. The number of thiophene rings is 1. The Morgan fingerprint density at radius 1 is 1.00 bits per heavy atom. The largest absolute Gasteiger partial charge is 0.418 e. The number of likely N-dealkylation sites (tertiary alicyclic amines) is 1. The number of urea groups is 1. The summed E-state index contributed by atoms with van der Waals surface area (Å²) >= 11 is 7.85. The zero-order valence-corrected chi connectivity index (χ0v) is 28.7. The number of rotatable bonds is 8. The van der Waals surface area contributed by atoms with Crippen molar-refractivity contribution in [3.63, 3.8) is 0 Å². The molecule has 0 aliphatic carbocycles. The van der Waals surface area contributed by atoms with Gasteiger partial charge < -0.3 is 30.7 Å². The van der Waals surface area contributed by atoms with Gasteiger partial charge in [-0.3, -0.25) is 14.5 Å². The maximum absolute atomic E-state index is 14.1. The zero-order valence-electron chi connectivity index (χ0n) is 27.1. The number of piperazine rings is 1. The third-order valence-electron chi connectivity index (χ3n) is 10.3. The lowest BCUT2D eigenvalue weighted by molar-refractivity contribution is -0.143. The maximum atomic E-state index is 14.1. The molecule has 2 aromatic rings. The Morgan fingerprint density at radius 2 is 1.71 bits per heavy atom. The lowest BCUT2D eigenvalue weighted by Gasteiger charge is -2.42. The molecule has 15 heteroatoms. The Labute approximate surface area is 287 Å². The topological polar surface area (TPSA) is 100 Å². The second kappa shape index (κ2) is 14.8. The highest BCUT2D eigenvalue weighted by molar-refractivity contribution is 7.08. The summed E-state index contributed by atoms with van der Waals surface area (Å²) in [7, 11) is 1.38. The van der Waals surface area contributed by atoms with E-state index in [9.17, 15) is 27.6 Å². The van der Waals surface area contributed by atoms with Crippen molar-refractivity contribution in [1.82, 2.24) is 24.9 Å². The third-order valence-corrected chi connectivity index (χ3v) is 11.3. The van der Waals surface area contributed by atoms with Gasteiger partial charge in [-0.25, -0.2) is 4.79 Å². The highest BCUT2D eigenvalue weighted by Gasteiger charge is 2.38. The molecule has 6 rings (SSSR count). The van der Waals surface area contributed by atoms with E-state index in [-0.39, 0.29) is 53.0 Å². The molecule has 0 radical (unpaired) electrons. The van der Waals surface area contributed by atoms with Crippen LogP contribution in [0.2, 0.25) is 5.02 Å². The third kappa shape index (κ3) is 7.71. The van der Waals surface area contributed by atoms with Gasteiger partial charge in [-0.15, -0.1) is 11.3 Å². The average Bonchev–Trinajstić information content (AvgIpc) is 3.54. The van der Waals surface area contributed by atoms with Crippen LogP contribution in [0.1, 0.15) is 48.8 Å². The van der Waals surface area contributed by atoms with Crippen LogP contribution in [0.4, 0.5) is 29.3 Å². The molecular weight excluding hydrogens is 667 g/mol. The molecule has 48 heavy (non-hydrogen) atoms. The molecule has 0 saturated carbocycles. The van der Waals surface area contributed by atoms with E-state index < -0.39 is 17.7 Å². The van der Waals surface area contributed by atoms with Gasteiger partial charge >= 0.3 is 12.2 Å². The molecule has 1 atom stereocenters. The minimum absolute atomic E-state index is 0.0237. The van der Waals surface area contributed by atoms with Crippen molar-refractivity contribution in [2.24, 2.45) is 5.92 Å². The summed E-state index contributed by atoms with van der Waals surface area (Å²) in [6.07, 6.45) is -1.49. The molecule has 0 spiro atoms. The van der Waals surface area contributed by atoms with Crippen LogP contribution in [0.5, 0.6) is 0 Å². The Hall–Kier alpha value is -3.07. The van der Waals surface area contributed by atoms with Gasteiger partial charge in [0.15, 0.2) is 0 Å². The fourth-order valence-corrected chi connectivity index (χ4v) is 8.70. The van der Waals surface area contributed by atoms with E-state index in [1.54, 1.807) is 21.1 Å². The monoisotopic (exact) mass is 709 g/mol. The lowest BCUT2D eigenvalue weighted by Crippen LogP contribution is -2.55. The first-order valence-corrected chi connectivity index (χ1v) is 18.0. The molecule has 4 aliphatic heterocycles. The number of carbonyl (C=O) groups is 3. The van der Waals surface area contributed by atoms with Gasteiger partial charge in [-0.05, 0) is 68.3 Å². The van der Waals surface area contributed by atoms with Crippen LogP contribution in [0.25, 0.3) is 0 Å². The zero-order chi connectivity index (χ0) is 34.0. The van der Waals surface area contributed by atoms with E-state index >= 15 is 0 Å². The van der Waals surface area contributed by atoms with Gasteiger partial charge in [-0.2, -0.15) is 13.2 Å². The SMILES string of the molecule is CNc1c(Cl)cc(C[C@@H](CC(=O)N2CCC(N3Cc4cscc4NC3=O)CC2)C(=O)N2CCN(C3CCNCC3)CC2)cc1C(F)(F)F. The van der Waals surface area contributed by atoms with E-state index in [0.717, 1.165) is 56.3 Å². The fourth-order valence-electron chi connectivity index (χ4n) is 7.59. The van der Waals surface area contributed by atoms with Gasteiger partial charge in [0.25, 0.3) is 0 Å². The van der Waals surface area contributed by atoms with Gasteiger partial charge in [0.1, 0.15) is 0 Å². The number of nitrogens with zero attached hydrogens (tertiary/aromatic N) is 4. The van der Waals surface area contributed by atoms with Crippen molar-refractivity contribution in [2.45, 2.75) is 63.3 Å². The van der Waals surface area contributed by atoms with E-state index in [4.69, 9.17) is 11.6 Å². The van der Waals surface area contributed by atoms with Crippen LogP contribution >= 0.6 is 22.9 Å². The Morgan fingerprint density at radius 3 is 2.38 bits per heavy atom. The number of anilines is 2. The van der Waals surface area contributed by atoms with E-state index in [0.29, 0.717) is 51.6 Å². The molecular formula is C33H43ClF3N7O3S. The number of hydrogen-bond donors (Lipinski definition) is 3. The number of fused-ring (bicyclic) bond motifs is 1. The number of carbonyl (C=O) groups excluding carboxylic acids is 3. The quantitative estimate of drug-likeness (QED) is 0.359. The Kier molecular flexibility index (Phi) is 10.7. The average molecular weight is 710 g/mol. The minimum Gasteiger partial charge on any atom is -0.386 e. The van der Waals surface area contributed by atoms with Gasteiger partial charge in [-0.1, -0.05) is 11.6 Å². The second-order valence-electron chi connectivity index (χ2n) is 13.2. The summed E-state index contributed by atoms with van der Waals surface area (Å²) in [4.78, 5) is 48.3. The summed E-state index contributed by atoms with van der Waals surface area (Å²) in [6.45, 7) is 5.80. The lowest BCUT2D eigenvalue weighted by atomic mass is 9.91. The summed E-state index contributed by atoms with van der Waals surface area (Å²) < 4.78 is 42.0. The van der Waals surface area contributed by atoms with E-state index in [1.165, 1.54) is 13.1 Å². The van der Waals surface area contributed by atoms with Crippen LogP contribution in [-0.2, 0) is 28.7 Å². The van der Waals surface area contributed by atoms with Crippen LogP contribution in [-0.4, -0.2) is 109 Å². The highest BCUT2D eigenvalue weighted by atomic mass is 35.5. The molecule has 3 saturated heterocycles. The van der Waals surface area contributed by atoms with Crippen molar-refractivity contribution in [3.8, 4) is 0 Å². The van der Waals surface area contributed by atoms with Gasteiger partial charge in [0.2, 0.25) is 11.8 Å². The summed E-state index contributed by atoms with van der Waals surface area (Å²) in [5, 5.41) is 12.7. The Bertz CT molecular complexity index is 1490. The number of benzene rings is 1. The molecule has 1 aromatic heterocycles. The summed E-state index contributed by atoms with van der Waals surface area (Å²) in [5.74, 6) is -1.28. The van der Waals surface area contributed by atoms with Gasteiger partial charge in [0.05, 0.1) is 34.4 Å². The van der Waals surface area contributed by atoms with Gasteiger partial charge in [0, 0.05) is 75.8 Å². The molecule has 10 nitrogen and oxygen atoms in total. The fraction of sp³-hybridized carbons (Fsp3) is 0.606. The normalized spacial score (nSPS) is 20.8. The maximum Gasteiger partial charge on any atom is 0.418 e. The van der Waals surface area contributed by atoms with Crippen LogP contribution in [0.15, 0.2) is 22.9 Å². The van der Waals surface area contributed by atoms with Crippen molar-refractivity contribution < 1.29 is 27.6 Å². The summed E-state index contributed by atoms with van der Waals surface area (Å²) in [5.41, 5.74) is 1.06. The number of alkyl halides is 3. The first-order chi connectivity index (χ1) is 23.0. The van der Waals surface area contributed by atoms with Crippen LogP contribution in [0.3, 0.4) is 0 Å². The highest BCUT2D eigenvalue weighted by Crippen LogP contribution is 2.40. The molecule has 4 aliphatic rings. The number of amides is 4. The van der Waals surface area contributed by atoms with Crippen molar-refractivity contribution >= 4 is 52.2 Å². The molecule has 5 heterocycles. The van der Waals surface area contributed by atoms with E-state index in [2.05, 4.69) is 20.9 Å². The van der Waals surface area contributed by atoms with Crippen molar-refractivity contribution in [2.75, 3.05) is 70.0 Å². The number of halogens is 4. The van der Waals surface area contributed by atoms with Crippen molar-refractivity contribution in [1.29, 1.82) is 0 Å². The minimum atomic E-state index is -4.65. The standard InChI is InChI=1S/C33H43ClF3N7O3S/c1-38-30-26(33(35,36)37)15-21(16-27(30)34)14-22(31(46)43-12-10-41(11-13-43)24-2-6-39-7-3-24)17-29(45)42-8-4-25(5-9-42)44-18-23-19-48-20-28(23)40-32(44)47/h15-16,19-20,22,24-25,38-39H,2-14,17-18H2,1H3,(H,40,47)/t22-/m0/s1. The predicted molar refractivity (Wildman–Crippen MR) is 180 cm³/mol. The first kappa shape index (κ1) is 34.8. The number of hydrogen-bond acceptors (Lipinski definition) is 7. The van der Waals surface area contributed by atoms with Crippen LogP contribution < -0.4 is 16.0 Å². The molecule has 3 fully saturated rings. The molecule has 4 amide bonds. The Balaban J connectivity index is 1.14. The molecule has 0 bridgehead atoms.